The number of nitrogens with zero attached hydrogens (tertiary/aromatic N) is 4. The van der Waals surface area contributed by atoms with Gasteiger partial charge in [0.1, 0.15) is 12.4 Å². The van der Waals surface area contributed by atoms with Crippen LogP contribution in [0.3, 0.4) is 0 Å². The summed E-state index contributed by atoms with van der Waals surface area (Å²) < 4.78 is 36.9. The lowest BCUT2D eigenvalue weighted by atomic mass is 9.94. The number of ether oxygens (including phenoxy) is 1. The van der Waals surface area contributed by atoms with Crippen LogP contribution in [0.15, 0.2) is 0 Å². The molecule has 1 aromatic heterocycles. The second kappa shape index (κ2) is 7.07. The molecule has 1 fully saturated rings. The van der Waals surface area contributed by atoms with Crippen LogP contribution in [-0.4, -0.2) is 47.7 Å². The van der Waals surface area contributed by atoms with Gasteiger partial charge in [0.05, 0.1) is 6.04 Å². The minimum Gasteiger partial charge on any atom is -0.377 e. The van der Waals surface area contributed by atoms with Gasteiger partial charge in [0.15, 0.2) is 5.82 Å². The summed E-state index contributed by atoms with van der Waals surface area (Å²) in [6.45, 7) is 6.46. The van der Waals surface area contributed by atoms with Crippen molar-refractivity contribution in [2.75, 3.05) is 20.2 Å². The third kappa shape index (κ3) is 3.79. The molecule has 24 heavy (non-hydrogen) atoms. The Morgan fingerprint density at radius 2 is 2.00 bits per heavy atom. The van der Waals surface area contributed by atoms with Crippen LogP contribution in [0, 0.1) is 11.8 Å². The Bertz CT molecular complexity index is 665. The second-order valence-corrected chi connectivity index (χ2v) is 8.83. The van der Waals surface area contributed by atoms with E-state index in [1.54, 1.807) is 16.1 Å². The predicted octanol–water partition coefficient (Wildman–Crippen LogP) is 1.07. The van der Waals surface area contributed by atoms with Crippen LogP contribution in [-0.2, 0) is 28.1 Å². The maximum Gasteiger partial charge on any atom is 0.280 e. The van der Waals surface area contributed by atoms with Crippen molar-refractivity contribution in [3.05, 3.63) is 11.6 Å². The molecule has 3 atom stereocenters. The maximum absolute atomic E-state index is 12.8. The Balaban J connectivity index is 1.76. The highest BCUT2D eigenvalue weighted by molar-refractivity contribution is 7.87. The fourth-order valence-electron chi connectivity index (χ4n) is 3.76. The van der Waals surface area contributed by atoms with Gasteiger partial charge in [-0.1, -0.05) is 13.8 Å². The van der Waals surface area contributed by atoms with E-state index in [9.17, 15) is 8.42 Å². The van der Waals surface area contributed by atoms with Crippen LogP contribution in [0.4, 0.5) is 0 Å². The number of hydrogen-bond donors (Lipinski definition) is 1. The minimum atomic E-state index is -3.52. The molecule has 8 nitrogen and oxygen atoms in total. The highest BCUT2D eigenvalue weighted by Gasteiger charge is 2.34. The molecule has 0 aromatic carbocycles. The molecular formula is C15H27N5O3S. The first-order chi connectivity index (χ1) is 11.4. The highest BCUT2D eigenvalue weighted by Crippen LogP contribution is 2.27. The molecule has 0 bridgehead atoms. The van der Waals surface area contributed by atoms with Crippen LogP contribution in [0.5, 0.6) is 0 Å². The van der Waals surface area contributed by atoms with Crippen molar-refractivity contribution >= 4 is 10.2 Å². The number of rotatable bonds is 5. The fraction of sp³-hybridized carbons (Fsp3) is 0.867. The first kappa shape index (κ1) is 17.8. The number of aryl methyl sites for hydroxylation is 1. The van der Waals surface area contributed by atoms with Gasteiger partial charge < -0.3 is 4.74 Å². The Morgan fingerprint density at radius 3 is 2.67 bits per heavy atom. The van der Waals surface area contributed by atoms with E-state index in [4.69, 9.17) is 4.74 Å². The summed E-state index contributed by atoms with van der Waals surface area (Å²) in [6.07, 6.45) is 2.69. The largest absolute Gasteiger partial charge is 0.377 e. The number of hydrogen-bond acceptors (Lipinski definition) is 5. The van der Waals surface area contributed by atoms with E-state index >= 15 is 0 Å². The molecule has 2 aliphatic rings. The van der Waals surface area contributed by atoms with E-state index in [1.165, 1.54) is 0 Å². The van der Waals surface area contributed by atoms with E-state index in [1.807, 2.05) is 0 Å². The molecule has 9 heteroatoms. The molecule has 0 aliphatic carbocycles. The summed E-state index contributed by atoms with van der Waals surface area (Å²) >= 11 is 0. The third-order valence-corrected chi connectivity index (χ3v) is 6.22. The molecule has 0 radical (unpaired) electrons. The van der Waals surface area contributed by atoms with Gasteiger partial charge in [-0.25, -0.2) is 9.67 Å². The lowest BCUT2D eigenvalue weighted by Crippen LogP contribution is -2.49. The summed E-state index contributed by atoms with van der Waals surface area (Å²) in [4.78, 5) is 4.46. The molecule has 2 aliphatic heterocycles. The molecule has 1 aromatic rings. The monoisotopic (exact) mass is 357 g/mol. The Labute approximate surface area is 143 Å². The molecule has 3 rings (SSSR count). The predicted molar refractivity (Wildman–Crippen MR) is 89.3 cm³/mol. The zero-order valence-corrected chi connectivity index (χ0v) is 15.4. The van der Waals surface area contributed by atoms with Crippen LogP contribution < -0.4 is 4.72 Å². The van der Waals surface area contributed by atoms with E-state index in [2.05, 4.69) is 28.7 Å². The number of piperidine rings is 1. The lowest BCUT2D eigenvalue weighted by molar-refractivity contribution is 0.177. The summed E-state index contributed by atoms with van der Waals surface area (Å²) in [5.74, 6) is 2.05. The van der Waals surface area contributed by atoms with Gasteiger partial charge in [-0.3, -0.25) is 0 Å². The van der Waals surface area contributed by atoms with Gasteiger partial charge in [0.25, 0.3) is 10.2 Å². The van der Waals surface area contributed by atoms with Crippen LogP contribution >= 0.6 is 0 Å². The van der Waals surface area contributed by atoms with Crippen molar-refractivity contribution in [2.24, 2.45) is 11.8 Å². The molecule has 0 amide bonds. The van der Waals surface area contributed by atoms with Gasteiger partial charge in [-0.05, 0) is 31.1 Å². The topological polar surface area (TPSA) is 89.3 Å². The number of fused-ring (bicyclic) bond motifs is 1. The highest BCUT2D eigenvalue weighted by atomic mass is 32.2. The average molecular weight is 357 g/mol. The van der Waals surface area contributed by atoms with Gasteiger partial charge in [0.2, 0.25) is 0 Å². The maximum atomic E-state index is 12.8. The SMILES string of the molecule is COCc1nc2n(n1)CCCC2NS(=O)(=O)N1CC(C)CC(C)C1. The normalized spacial score (nSPS) is 28.7. The zero-order chi connectivity index (χ0) is 17.3. The summed E-state index contributed by atoms with van der Waals surface area (Å²) in [5.41, 5.74) is 0. The summed E-state index contributed by atoms with van der Waals surface area (Å²) in [6, 6.07) is -0.325. The summed E-state index contributed by atoms with van der Waals surface area (Å²) in [7, 11) is -1.93. The number of aromatic nitrogens is 3. The van der Waals surface area contributed by atoms with Crippen molar-refractivity contribution < 1.29 is 13.2 Å². The van der Waals surface area contributed by atoms with E-state index in [-0.39, 0.29) is 6.04 Å². The first-order valence-electron chi connectivity index (χ1n) is 8.59. The van der Waals surface area contributed by atoms with Crippen molar-refractivity contribution in [2.45, 2.75) is 52.3 Å². The molecule has 1 N–H and O–H groups in total. The minimum absolute atomic E-state index is 0.325. The molecule has 3 unspecified atom stereocenters. The smallest absolute Gasteiger partial charge is 0.280 e. The summed E-state index contributed by atoms with van der Waals surface area (Å²) in [5, 5.41) is 4.39. The fourth-order valence-corrected chi connectivity index (χ4v) is 5.39. The van der Waals surface area contributed by atoms with Crippen molar-refractivity contribution in [3.63, 3.8) is 0 Å². The van der Waals surface area contributed by atoms with Crippen LogP contribution in [0.2, 0.25) is 0 Å². The van der Waals surface area contributed by atoms with Crippen molar-refractivity contribution in [1.29, 1.82) is 0 Å². The Hall–Kier alpha value is -1.03. The number of nitrogens with one attached hydrogen (secondary N) is 1. The van der Waals surface area contributed by atoms with Gasteiger partial charge >= 0.3 is 0 Å². The van der Waals surface area contributed by atoms with E-state index < -0.39 is 10.2 Å². The standard InChI is InChI=1S/C15H27N5O3S/c1-11-7-12(2)9-19(8-11)24(21,22)18-13-5-4-6-20-15(13)16-14(17-20)10-23-3/h11-13,18H,4-10H2,1-3H3. The molecule has 136 valence electrons. The van der Waals surface area contributed by atoms with Crippen LogP contribution in [0.1, 0.15) is 50.8 Å². The average Bonchev–Trinajstić information content (AvgIpc) is 2.90. The van der Waals surface area contributed by atoms with E-state index in [0.717, 1.165) is 25.8 Å². The third-order valence-electron chi connectivity index (χ3n) is 4.66. The van der Waals surface area contributed by atoms with Gasteiger partial charge in [-0.2, -0.15) is 22.5 Å². The zero-order valence-electron chi connectivity index (χ0n) is 14.6. The number of methoxy groups -OCH3 is 1. The van der Waals surface area contributed by atoms with Crippen molar-refractivity contribution in [1.82, 2.24) is 23.8 Å². The van der Waals surface area contributed by atoms with Crippen LogP contribution in [0.25, 0.3) is 0 Å². The van der Waals surface area contributed by atoms with Crippen molar-refractivity contribution in [3.8, 4) is 0 Å². The lowest BCUT2D eigenvalue weighted by Gasteiger charge is -2.35. The Morgan fingerprint density at radius 1 is 1.29 bits per heavy atom. The quantitative estimate of drug-likeness (QED) is 0.851. The second-order valence-electron chi connectivity index (χ2n) is 7.12. The first-order valence-corrected chi connectivity index (χ1v) is 10.0. The molecule has 0 saturated carbocycles. The molecular weight excluding hydrogens is 330 g/mol. The Kier molecular flexibility index (Phi) is 5.24. The molecule has 1 saturated heterocycles. The molecule has 0 spiro atoms. The van der Waals surface area contributed by atoms with E-state index in [0.29, 0.717) is 43.2 Å². The van der Waals surface area contributed by atoms with Gasteiger partial charge in [-0.15, -0.1) is 0 Å². The molecule has 3 heterocycles. The van der Waals surface area contributed by atoms with Gasteiger partial charge in [0, 0.05) is 26.7 Å².